The van der Waals surface area contributed by atoms with Crippen LogP contribution in [0.25, 0.3) is 0 Å². The fraction of sp³-hybridized carbons (Fsp3) is 0.412. The van der Waals surface area contributed by atoms with E-state index in [1.807, 2.05) is 0 Å². The summed E-state index contributed by atoms with van der Waals surface area (Å²) < 4.78 is 0. The molecule has 0 spiro atoms. The van der Waals surface area contributed by atoms with Crippen LogP contribution < -0.4 is 0 Å². The van der Waals surface area contributed by atoms with Crippen LogP contribution >= 0.6 is 23.2 Å². The van der Waals surface area contributed by atoms with Crippen molar-refractivity contribution in [2.24, 2.45) is 0 Å². The molecule has 6 nitrogen and oxygen atoms in total. The molecule has 0 bridgehead atoms. The van der Waals surface area contributed by atoms with E-state index in [9.17, 15) is 19.8 Å². The fourth-order valence-corrected chi connectivity index (χ4v) is 3.54. The molecule has 2 rings (SSSR count). The van der Waals surface area contributed by atoms with Gasteiger partial charge in [0.1, 0.15) is 11.4 Å². The van der Waals surface area contributed by atoms with Crippen molar-refractivity contribution in [2.75, 3.05) is 11.8 Å². The molecule has 2 heterocycles. The zero-order valence-electron chi connectivity index (χ0n) is 14.0. The van der Waals surface area contributed by atoms with Gasteiger partial charge >= 0.3 is 11.9 Å². The minimum atomic E-state index is -1.03. The molecule has 0 aliphatic heterocycles. The molecule has 0 unspecified atom stereocenters. The van der Waals surface area contributed by atoms with E-state index in [0.29, 0.717) is 42.1 Å². The predicted molar refractivity (Wildman–Crippen MR) is 96.6 cm³/mol. The van der Waals surface area contributed by atoms with Gasteiger partial charge in [-0.25, -0.2) is 9.59 Å². The molecule has 136 valence electrons. The van der Waals surface area contributed by atoms with Crippen molar-refractivity contribution in [1.29, 1.82) is 0 Å². The number of hydrogen-bond acceptors (Lipinski definition) is 2. The van der Waals surface area contributed by atoms with Gasteiger partial charge in [-0.1, -0.05) is 0 Å². The Kier molecular flexibility index (Phi) is 6.19. The van der Waals surface area contributed by atoms with E-state index in [4.69, 9.17) is 23.2 Å². The molecule has 25 heavy (non-hydrogen) atoms. The normalized spacial score (nSPS) is 11.0. The number of rotatable bonds is 8. The summed E-state index contributed by atoms with van der Waals surface area (Å²) >= 11 is 11.7. The summed E-state index contributed by atoms with van der Waals surface area (Å²) in [6, 6.07) is 0. The second kappa shape index (κ2) is 7.97. The number of aromatic amines is 2. The Balaban J connectivity index is 2.52. The Labute approximate surface area is 155 Å². The second-order valence-corrected chi connectivity index (χ2v) is 6.59. The van der Waals surface area contributed by atoms with Crippen molar-refractivity contribution in [3.8, 4) is 0 Å². The fourth-order valence-electron chi connectivity index (χ4n) is 3.17. The Bertz CT molecular complexity index is 742. The SMILES string of the molecule is Cc1c(C(=O)O)[nH]c(Cc2[nH]c(C(=O)O)c(C)c2CCCl)c1CCCl. The number of carboxylic acid groups (broad SMARTS) is 2. The number of aromatic nitrogens is 2. The molecule has 8 heteroatoms. The first-order valence-corrected chi connectivity index (χ1v) is 8.87. The average molecular weight is 387 g/mol. The average Bonchev–Trinajstić information content (AvgIpc) is 3.01. The third kappa shape index (κ3) is 3.85. The van der Waals surface area contributed by atoms with Crippen LogP contribution in [-0.4, -0.2) is 43.9 Å². The first kappa shape index (κ1) is 19.4. The van der Waals surface area contributed by atoms with Crippen LogP contribution in [0.4, 0.5) is 0 Å². The maximum Gasteiger partial charge on any atom is 0.352 e. The van der Waals surface area contributed by atoms with Crippen molar-refractivity contribution in [2.45, 2.75) is 33.1 Å². The Morgan fingerprint density at radius 2 is 1.20 bits per heavy atom. The number of carboxylic acids is 2. The summed E-state index contributed by atoms with van der Waals surface area (Å²) in [5.41, 5.74) is 4.75. The molecule has 0 atom stereocenters. The van der Waals surface area contributed by atoms with Crippen LogP contribution in [0.5, 0.6) is 0 Å². The van der Waals surface area contributed by atoms with E-state index in [2.05, 4.69) is 9.97 Å². The largest absolute Gasteiger partial charge is 0.477 e. The summed E-state index contributed by atoms with van der Waals surface area (Å²) in [6.07, 6.45) is 1.42. The molecule has 2 aromatic rings. The van der Waals surface area contributed by atoms with Crippen molar-refractivity contribution >= 4 is 35.1 Å². The predicted octanol–water partition coefficient (Wildman–Crippen LogP) is 3.51. The summed E-state index contributed by atoms with van der Waals surface area (Å²) in [4.78, 5) is 28.7. The van der Waals surface area contributed by atoms with Gasteiger partial charge in [-0.05, 0) is 48.9 Å². The van der Waals surface area contributed by atoms with Crippen LogP contribution in [0.3, 0.4) is 0 Å². The number of hydrogen-bond donors (Lipinski definition) is 4. The topological polar surface area (TPSA) is 106 Å². The van der Waals surface area contributed by atoms with Crippen molar-refractivity contribution in [3.05, 3.63) is 45.0 Å². The lowest BCUT2D eigenvalue weighted by molar-refractivity contribution is 0.0679. The lowest BCUT2D eigenvalue weighted by Crippen LogP contribution is -2.01. The number of H-pyrrole nitrogens is 2. The summed E-state index contributed by atoms with van der Waals surface area (Å²) in [5.74, 6) is -1.34. The van der Waals surface area contributed by atoms with E-state index in [1.54, 1.807) is 13.8 Å². The quantitative estimate of drug-likeness (QED) is 0.520. The van der Waals surface area contributed by atoms with Gasteiger partial charge in [0.2, 0.25) is 0 Å². The molecule has 0 fully saturated rings. The number of carbonyl (C=O) groups is 2. The van der Waals surface area contributed by atoms with Gasteiger partial charge in [0.15, 0.2) is 0 Å². The molecule has 0 saturated heterocycles. The highest BCUT2D eigenvalue weighted by Crippen LogP contribution is 2.26. The van der Waals surface area contributed by atoms with E-state index in [0.717, 1.165) is 22.5 Å². The van der Waals surface area contributed by atoms with Gasteiger partial charge in [0.05, 0.1) is 0 Å². The smallest absolute Gasteiger partial charge is 0.352 e. The standard InChI is InChI=1S/C17H20Cl2N2O4/c1-8-10(3-5-18)12(20-14(8)16(22)23)7-13-11(4-6-19)9(2)15(21-13)17(24)25/h20-21H,3-7H2,1-2H3,(H,22,23)(H,24,25). The third-order valence-corrected chi connectivity index (χ3v) is 4.78. The van der Waals surface area contributed by atoms with Gasteiger partial charge in [0, 0.05) is 29.6 Å². The highest BCUT2D eigenvalue weighted by molar-refractivity contribution is 6.18. The Morgan fingerprint density at radius 3 is 1.48 bits per heavy atom. The van der Waals surface area contributed by atoms with Crippen molar-refractivity contribution < 1.29 is 19.8 Å². The zero-order valence-corrected chi connectivity index (χ0v) is 15.5. The highest BCUT2D eigenvalue weighted by atomic mass is 35.5. The third-order valence-electron chi connectivity index (χ3n) is 4.41. The second-order valence-electron chi connectivity index (χ2n) is 5.83. The zero-order chi connectivity index (χ0) is 18.7. The molecule has 0 aromatic carbocycles. The molecular weight excluding hydrogens is 367 g/mol. The molecular formula is C17H20Cl2N2O4. The van der Waals surface area contributed by atoms with Crippen LogP contribution in [0.1, 0.15) is 54.6 Å². The number of halogens is 2. The van der Waals surface area contributed by atoms with Crippen LogP contribution in [0.15, 0.2) is 0 Å². The maximum absolute atomic E-state index is 11.4. The monoisotopic (exact) mass is 386 g/mol. The van der Waals surface area contributed by atoms with Crippen molar-refractivity contribution in [1.82, 2.24) is 9.97 Å². The van der Waals surface area contributed by atoms with Gasteiger partial charge in [-0.15, -0.1) is 23.2 Å². The lowest BCUT2D eigenvalue weighted by Gasteiger charge is -2.06. The minimum Gasteiger partial charge on any atom is -0.477 e. The molecule has 4 N–H and O–H groups in total. The Hall–Kier alpha value is -1.92. The number of aromatic carboxylic acids is 2. The summed E-state index contributed by atoms with van der Waals surface area (Å²) in [7, 11) is 0. The minimum absolute atomic E-state index is 0.135. The number of alkyl halides is 2. The summed E-state index contributed by atoms with van der Waals surface area (Å²) in [5, 5.41) is 18.7. The van der Waals surface area contributed by atoms with Gasteiger partial charge in [-0.2, -0.15) is 0 Å². The van der Waals surface area contributed by atoms with Crippen molar-refractivity contribution in [3.63, 3.8) is 0 Å². The van der Waals surface area contributed by atoms with Gasteiger partial charge in [0.25, 0.3) is 0 Å². The van der Waals surface area contributed by atoms with Gasteiger partial charge < -0.3 is 20.2 Å². The van der Waals surface area contributed by atoms with E-state index < -0.39 is 11.9 Å². The molecule has 2 aromatic heterocycles. The lowest BCUT2D eigenvalue weighted by atomic mass is 10.0. The molecule has 0 radical (unpaired) electrons. The Morgan fingerprint density at radius 1 is 0.840 bits per heavy atom. The first-order valence-electron chi connectivity index (χ1n) is 7.80. The molecule has 0 aliphatic carbocycles. The maximum atomic E-state index is 11.4. The molecule has 0 aliphatic rings. The molecule has 0 amide bonds. The number of nitrogens with one attached hydrogen (secondary N) is 2. The first-order chi connectivity index (χ1) is 11.8. The van der Waals surface area contributed by atoms with E-state index in [1.165, 1.54) is 0 Å². The van der Waals surface area contributed by atoms with Crippen LogP contribution in [-0.2, 0) is 19.3 Å². The van der Waals surface area contributed by atoms with Gasteiger partial charge in [-0.3, -0.25) is 0 Å². The van der Waals surface area contributed by atoms with E-state index >= 15 is 0 Å². The van der Waals surface area contributed by atoms with Crippen LogP contribution in [0, 0.1) is 13.8 Å². The van der Waals surface area contributed by atoms with Crippen LogP contribution in [0.2, 0.25) is 0 Å². The molecule has 0 saturated carbocycles. The summed E-state index contributed by atoms with van der Waals surface area (Å²) in [6.45, 7) is 3.49. The highest BCUT2D eigenvalue weighted by Gasteiger charge is 2.22. The van der Waals surface area contributed by atoms with E-state index in [-0.39, 0.29) is 11.4 Å².